The molecule has 0 fully saturated rings. The topological polar surface area (TPSA) is 99.0 Å². The molecule has 1 N–H and O–H groups in total. The highest BCUT2D eigenvalue weighted by Gasteiger charge is 2.23. The Labute approximate surface area is 151 Å². The van der Waals surface area contributed by atoms with Crippen molar-refractivity contribution in [1.29, 1.82) is 0 Å². The summed E-state index contributed by atoms with van der Waals surface area (Å²) in [7, 11) is 1.09. The highest BCUT2D eigenvalue weighted by Crippen LogP contribution is 2.29. The van der Waals surface area contributed by atoms with Crippen molar-refractivity contribution in [1.82, 2.24) is 19.7 Å². The molecule has 0 spiro atoms. The lowest BCUT2D eigenvalue weighted by Gasteiger charge is -2.12. The molecule has 0 aliphatic carbocycles. The monoisotopic (exact) mass is 375 g/mol. The number of amides is 1. The molecule has 8 nitrogen and oxygen atoms in total. The van der Waals surface area contributed by atoms with E-state index in [-0.39, 0.29) is 16.4 Å². The van der Waals surface area contributed by atoms with E-state index < -0.39 is 23.3 Å². The van der Waals surface area contributed by atoms with Crippen molar-refractivity contribution in [3.8, 4) is 5.82 Å². The summed E-state index contributed by atoms with van der Waals surface area (Å²) in [6, 6.07) is 5.19. The van der Waals surface area contributed by atoms with Gasteiger partial charge in [0.05, 0.1) is 17.8 Å². The molecule has 2 aromatic heterocycles. The Morgan fingerprint density at radius 2 is 2.04 bits per heavy atom. The highest BCUT2D eigenvalue weighted by molar-refractivity contribution is 6.34. The molecule has 0 bridgehead atoms. The molecular weight excluding hydrogens is 365 g/mol. The van der Waals surface area contributed by atoms with Gasteiger partial charge in [0, 0.05) is 12.4 Å². The van der Waals surface area contributed by atoms with Crippen LogP contribution in [0, 0.1) is 5.82 Å². The van der Waals surface area contributed by atoms with Gasteiger partial charge in [-0.1, -0.05) is 11.6 Å². The fourth-order valence-electron chi connectivity index (χ4n) is 2.13. The number of benzene rings is 1. The number of hydrogen-bond donors (Lipinski definition) is 1. The molecule has 3 rings (SSSR count). The van der Waals surface area contributed by atoms with Crippen molar-refractivity contribution >= 4 is 29.2 Å². The number of carbonyl (C=O) groups excluding carboxylic acids is 2. The summed E-state index contributed by atoms with van der Waals surface area (Å²) in [6.45, 7) is 0. The Morgan fingerprint density at radius 1 is 1.23 bits per heavy atom. The van der Waals surface area contributed by atoms with E-state index in [2.05, 4.69) is 25.2 Å². The molecule has 0 unspecified atom stereocenters. The van der Waals surface area contributed by atoms with E-state index in [1.807, 2.05) is 0 Å². The fraction of sp³-hybridized carbons (Fsp3) is 0.0625. The largest absolute Gasteiger partial charge is 0.465 e. The molecule has 10 heteroatoms. The number of carbonyl (C=O) groups is 2. The van der Waals surface area contributed by atoms with Crippen molar-refractivity contribution in [2.24, 2.45) is 0 Å². The average Bonchev–Trinajstić information content (AvgIpc) is 3.19. The van der Waals surface area contributed by atoms with Crippen LogP contribution in [0.4, 0.5) is 10.1 Å². The number of aromatic nitrogens is 4. The number of hydrogen-bond acceptors (Lipinski definition) is 6. The summed E-state index contributed by atoms with van der Waals surface area (Å²) >= 11 is 5.99. The molecule has 2 heterocycles. The van der Waals surface area contributed by atoms with Crippen LogP contribution in [0.2, 0.25) is 5.02 Å². The predicted octanol–water partition coefficient (Wildman–Crippen LogP) is 2.49. The van der Waals surface area contributed by atoms with E-state index in [1.54, 1.807) is 23.0 Å². The Kier molecular flexibility index (Phi) is 4.90. The molecule has 132 valence electrons. The molecule has 0 radical (unpaired) electrons. The molecule has 0 aliphatic rings. The van der Waals surface area contributed by atoms with Crippen molar-refractivity contribution in [3.63, 3.8) is 0 Å². The second kappa shape index (κ2) is 7.28. The smallest absolute Gasteiger partial charge is 0.343 e. The third kappa shape index (κ3) is 3.38. The van der Waals surface area contributed by atoms with Crippen molar-refractivity contribution in [2.45, 2.75) is 0 Å². The maximum atomic E-state index is 14.0. The maximum absolute atomic E-state index is 14.0. The average molecular weight is 376 g/mol. The number of esters is 1. The van der Waals surface area contributed by atoms with E-state index in [0.717, 1.165) is 13.2 Å². The van der Waals surface area contributed by atoms with Crippen LogP contribution in [-0.4, -0.2) is 38.7 Å². The van der Waals surface area contributed by atoms with Crippen LogP contribution in [0.5, 0.6) is 0 Å². The van der Waals surface area contributed by atoms with Crippen LogP contribution in [0.15, 0.2) is 43.0 Å². The Balaban J connectivity index is 1.89. The van der Waals surface area contributed by atoms with Crippen molar-refractivity contribution < 1.29 is 18.7 Å². The Hall–Kier alpha value is -3.33. The van der Waals surface area contributed by atoms with Crippen molar-refractivity contribution in [3.05, 3.63) is 65.1 Å². The first-order valence-corrected chi connectivity index (χ1v) is 7.58. The second-order valence-corrected chi connectivity index (χ2v) is 5.38. The van der Waals surface area contributed by atoms with Gasteiger partial charge in [0.25, 0.3) is 5.91 Å². The van der Waals surface area contributed by atoms with E-state index in [1.165, 1.54) is 18.5 Å². The number of anilines is 1. The number of imidazole rings is 1. The van der Waals surface area contributed by atoms with E-state index in [0.29, 0.717) is 5.82 Å². The minimum absolute atomic E-state index is 0.0249. The van der Waals surface area contributed by atoms with Crippen LogP contribution >= 0.6 is 11.6 Å². The zero-order valence-corrected chi connectivity index (χ0v) is 14.1. The minimum atomic E-state index is -0.971. The van der Waals surface area contributed by atoms with Gasteiger partial charge >= 0.3 is 5.97 Å². The lowest BCUT2D eigenvalue weighted by atomic mass is 10.1. The number of ether oxygens (including phenoxy) is 1. The van der Waals surface area contributed by atoms with Gasteiger partial charge in [-0.15, -0.1) is 10.2 Å². The van der Waals surface area contributed by atoms with Gasteiger partial charge in [0.2, 0.25) is 0 Å². The molecule has 26 heavy (non-hydrogen) atoms. The van der Waals surface area contributed by atoms with Gasteiger partial charge in [0.1, 0.15) is 17.7 Å². The number of halogens is 2. The third-order valence-corrected chi connectivity index (χ3v) is 3.70. The summed E-state index contributed by atoms with van der Waals surface area (Å²) in [5.41, 5.74) is -0.731. The molecular formula is C16H11ClFN5O3. The first kappa shape index (κ1) is 17.5. The quantitative estimate of drug-likeness (QED) is 0.703. The van der Waals surface area contributed by atoms with E-state index in [4.69, 9.17) is 11.6 Å². The first-order valence-electron chi connectivity index (χ1n) is 7.21. The Bertz CT molecular complexity index is 961. The molecule has 1 amide bonds. The van der Waals surface area contributed by atoms with E-state index in [9.17, 15) is 14.0 Å². The molecule has 0 atom stereocenters. The number of methoxy groups -OCH3 is 1. The standard InChI is InChI=1S/C16H11ClFN5O3/c1-26-16(25)13-10(18)3-2-9(17)14(13)20-15(24)11-4-5-12(22-21-11)23-7-6-19-8-23/h2-8H,1H3,(H,20,24). The van der Waals surface area contributed by atoms with Gasteiger partial charge < -0.3 is 10.1 Å². The van der Waals surface area contributed by atoms with Gasteiger partial charge in [-0.05, 0) is 24.3 Å². The molecule has 0 saturated carbocycles. The van der Waals surface area contributed by atoms with Crippen LogP contribution in [0.3, 0.4) is 0 Å². The highest BCUT2D eigenvalue weighted by atomic mass is 35.5. The van der Waals surface area contributed by atoms with Gasteiger partial charge in [-0.25, -0.2) is 14.2 Å². The minimum Gasteiger partial charge on any atom is -0.465 e. The number of nitrogens with one attached hydrogen (secondary N) is 1. The predicted molar refractivity (Wildman–Crippen MR) is 89.9 cm³/mol. The van der Waals surface area contributed by atoms with Crippen LogP contribution in [-0.2, 0) is 4.74 Å². The Morgan fingerprint density at radius 3 is 2.65 bits per heavy atom. The third-order valence-electron chi connectivity index (χ3n) is 3.38. The lowest BCUT2D eigenvalue weighted by Crippen LogP contribution is -2.18. The number of nitrogens with zero attached hydrogens (tertiary/aromatic N) is 4. The lowest BCUT2D eigenvalue weighted by molar-refractivity contribution is 0.0597. The first-order chi connectivity index (χ1) is 12.5. The van der Waals surface area contributed by atoms with Crippen LogP contribution in [0.25, 0.3) is 5.82 Å². The van der Waals surface area contributed by atoms with Crippen LogP contribution < -0.4 is 5.32 Å². The number of rotatable bonds is 4. The van der Waals surface area contributed by atoms with Crippen molar-refractivity contribution in [2.75, 3.05) is 12.4 Å². The zero-order valence-electron chi connectivity index (χ0n) is 13.3. The van der Waals surface area contributed by atoms with E-state index >= 15 is 0 Å². The second-order valence-electron chi connectivity index (χ2n) is 4.97. The summed E-state index contributed by atoms with van der Waals surface area (Å²) in [6.07, 6.45) is 4.76. The SMILES string of the molecule is COC(=O)c1c(F)ccc(Cl)c1NC(=O)c1ccc(-n2ccnc2)nn1. The molecule has 1 aromatic carbocycles. The summed E-state index contributed by atoms with van der Waals surface area (Å²) in [5.74, 6) is -2.11. The summed E-state index contributed by atoms with van der Waals surface area (Å²) < 4.78 is 20.1. The molecule has 3 aromatic rings. The zero-order chi connectivity index (χ0) is 18.7. The molecule has 0 saturated heterocycles. The van der Waals surface area contributed by atoms with Gasteiger partial charge in [-0.3, -0.25) is 9.36 Å². The van der Waals surface area contributed by atoms with Crippen LogP contribution in [0.1, 0.15) is 20.8 Å². The normalized spacial score (nSPS) is 10.4. The summed E-state index contributed by atoms with van der Waals surface area (Å²) in [5, 5.41) is 10.1. The molecule has 0 aliphatic heterocycles. The maximum Gasteiger partial charge on any atom is 0.343 e. The fourth-order valence-corrected chi connectivity index (χ4v) is 2.34. The summed E-state index contributed by atoms with van der Waals surface area (Å²) in [4.78, 5) is 28.1. The van der Waals surface area contributed by atoms with Gasteiger partial charge in [0.15, 0.2) is 11.5 Å². The van der Waals surface area contributed by atoms with Gasteiger partial charge in [-0.2, -0.15) is 0 Å².